The molecule has 0 aliphatic heterocycles. The summed E-state index contributed by atoms with van der Waals surface area (Å²) in [4.78, 5) is 0. The fourth-order valence-electron chi connectivity index (χ4n) is 1.93. The van der Waals surface area contributed by atoms with Crippen molar-refractivity contribution in [1.82, 2.24) is 0 Å². The quantitative estimate of drug-likeness (QED) is 0.854. The average molecular weight is 281 g/mol. The lowest BCUT2D eigenvalue weighted by Gasteiger charge is -2.20. The van der Waals surface area contributed by atoms with E-state index in [9.17, 15) is 5.11 Å². The van der Waals surface area contributed by atoms with E-state index in [4.69, 9.17) is 23.2 Å². The Morgan fingerprint density at radius 2 is 1.56 bits per heavy atom. The average Bonchev–Trinajstić information content (AvgIpc) is 2.38. The van der Waals surface area contributed by atoms with Crippen LogP contribution in [0, 0.1) is 0 Å². The normalized spacial score (nSPS) is 14.2. The Hall–Kier alpha value is -1.02. The van der Waals surface area contributed by atoms with Gasteiger partial charge in [0.2, 0.25) is 0 Å². The Labute approximate surface area is 117 Å². The molecule has 0 spiro atoms. The van der Waals surface area contributed by atoms with Gasteiger partial charge in [0, 0.05) is 16.0 Å². The number of halogens is 2. The van der Waals surface area contributed by atoms with E-state index >= 15 is 0 Å². The molecule has 1 unspecified atom stereocenters. The third-order valence-corrected chi connectivity index (χ3v) is 3.55. The number of aliphatic hydroxyl groups is 1. The zero-order chi connectivity index (χ0) is 13.1. The summed E-state index contributed by atoms with van der Waals surface area (Å²) in [5, 5.41) is 11.7. The van der Waals surface area contributed by atoms with Gasteiger partial charge in [-0.05, 0) is 35.4 Å². The summed E-state index contributed by atoms with van der Waals surface area (Å²) >= 11 is 11.8. The summed E-state index contributed by atoms with van der Waals surface area (Å²) in [6.45, 7) is 1.98. The highest BCUT2D eigenvalue weighted by Gasteiger charge is 2.18. The first-order valence-electron chi connectivity index (χ1n) is 5.77. The molecule has 94 valence electrons. The highest BCUT2D eigenvalue weighted by atomic mass is 35.5. The lowest BCUT2D eigenvalue weighted by atomic mass is 9.91. The Kier molecular flexibility index (Phi) is 4.28. The molecule has 0 radical (unpaired) electrons. The minimum atomic E-state index is -0.579. The van der Waals surface area contributed by atoms with E-state index in [1.807, 2.05) is 43.3 Å². The molecule has 0 saturated heterocycles. The summed E-state index contributed by atoms with van der Waals surface area (Å²) in [6.07, 6.45) is -0.579. The molecule has 0 aliphatic carbocycles. The zero-order valence-electron chi connectivity index (χ0n) is 9.98. The van der Waals surface area contributed by atoms with Gasteiger partial charge in [-0.15, -0.1) is 0 Å². The van der Waals surface area contributed by atoms with Crippen LogP contribution in [-0.4, -0.2) is 5.11 Å². The predicted molar refractivity (Wildman–Crippen MR) is 76.3 cm³/mol. The van der Waals surface area contributed by atoms with Crippen molar-refractivity contribution in [3.8, 4) is 0 Å². The van der Waals surface area contributed by atoms with Gasteiger partial charge in [-0.1, -0.05) is 54.4 Å². The Bertz CT molecular complexity index is 522. The SMILES string of the molecule is CC(c1ccc(Cl)cc1)[C@H](O)c1cccc(Cl)c1. The second-order valence-corrected chi connectivity index (χ2v) is 5.21. The van der Waals surface area contributed by atoms with Gasteiger partial charge in [-0.3, -0.25) is 0 Å². The van der Waals surface area contributed by atoms with Crippen LogP contribution in [-0.2, 0) is 0 Å². The van der Waals surface area contributed by atoms with Gasteiger partial charge < -0.3 is 5.11 Å². The number of benzene rings is 2. The van der Waals surface area contributed by atoms with Crippen molar-refractivity contribution < 1.29 is 5.11 Å². The van der Waals surface area contributed by atoms with Crippen LogP contribution in [0.2, 0.25) is 10.0 Å². The third kappa shape index (κ3) is 3.05. The molecule has 0 amide bonds. The van der Waals surface area contributed by atoms with Crippen LogP contribution in [0.5, 0.6) is 0 Å². The maximum absolute atomic E-state index is 10.3. The zero-order valence-corrected chi connectivity index (χ0v) is 11.5. The summed E-state index contributed by atoms with van der Waals surface area (Å²) < 4.78 is 0. The van der Waals surface area contributed by atoms with Crippen LogP contribution < -0.4 is 0 Å². The largest absolute Gasteiger partial charge is 0.388 e. The van der Waals surface area contributed by atoms with Gasteiger partial charge in [0.1, 0.15) is 0 Å². The predicted octanol–water partition coefficient (Wildman–Crippen LogP) is 4.83. The van der Waals surface area contributed by atoms with Gasteiger partial charge in [-0.25, -0.2) is 0 Å². The van der Waals surface area contributed by atoms with Crippen LogP contribution in [0.1, 0.15) is 30.1 Å². The topological polar surface area (TPSA) is 20.2 Å². The molecular formula is C15H14Cl2O. The molecule has 2 rings (SSSR count). The van der Waals surface area contributed by atoms with Crippen molar-refractivity contribution >= 4 is 23.2 Å². The van der Waals surface area contributed by atoms with Crippen molar-refractivity contribution in [1.29, 1.82) is 0 Å². The summed E-state index contributed by atoms with van der Waals surface area (Å²) in [6, 6.07) is 14.8. The van der Waals surface area contributed by atoms with Gasteiger partial charge in [0.15, 0.2) is 0 Å². The molecule has 0 saturated carbocycles. The molecule has 0 fully saturated rings. The van der Waals surface area contributed by atoms with Gasteiger partial charge >= 0.3 is 0 Å². The molecule has 0 aromatic heterocycles. The monoisotopic (exact) mass is 280 g/mol. The number of aliphatic hydroxyl groups excluding tert-OH is 1. The minimum absolute atomic E-state index is 0.0132. The van der Waals surface area contributed by atoms with Crippen LogP contribution in [0.15, 0.2) is 48.5 Å². The first kappa shape index (κ1) is 13.4. The number of hydrogen-bond acceptors (Lipinski definition) is 1. The maximum atomic E-state index is 10.3. The van der Waals surface area contributed by atoms with Crippen molar-refractivity contribution in [2.45, 2.75) is 18.9 Å². The molecule has 1 nitrogen and oxygen atoms in total. The highest BCUT2D eigenvalue weighted by molar-refractivity contribution is 6.30. The first-order valence-corrected chi connectivity index (χ1v) is 6.52. The van der Waals surface area contributed by atoms with Crippen molar-refractivity contribution in [2.75, 3.05) is 0 Å². The second-order valence-electron chi connectivity index (χ2n) is 4.34. The van der Waals surface area contributed by atoms with Gasteiger partial charge in [0.05, 0.1) is 6.10 Å². The van der Waals surface area contributed by atoms with Crippen LogP contribution >= 0.6 is 23.2 Å². The van der Waals surface area contributed by atoms with Crippen LogP contribution in [0.25, 0.3) is 0 Å². The number of rotatable bonds is 3. The molecule has 2 aromatic carbocycles. The molecule has 2 aromatic rings. The van der Waals surface area contributed by atoms with E-state index in [1.165, 1.54) is 0 Å². The van der Waals surface area contributed by atoms with E-state index in [-0.39, 0.29) is 5.92 Å². The second kappa shape index (κ2) is 5.75. The van der Waals surface area contributed by atoms with Crippen molar-refractivity contribution in [3.05, 3.63) is 69.7 Å². The minimum Gasteiger partial charge on any atom is -0.388 e. The van der Waals surface area contributed by atoms with E-state index < -0.39 is 6.10 Å². The first-order chi connectivity index (χ1) is 8.58. The molecule has 2 atom stereocenters. The smallest absolute Gasteiger partial charge is 0.0856 e. The molecule has 0 aliphatic rings. The molecule has 18 heavy (non-hydrogen) atoms. The highest BCUT2D eigenvalue weighted by Crippen LogP contribution is 2.31. The lowest BCUT2D eigenvalue weighted by molar-refractivity contribution is 0.151. The van der Waals surface area contributed by atoms with Gasteiger partial charge in [0.25, 0.3) is 0 Å². The Morgan fingerprint density at radius 1 is 0.889 bits per heavy atom. The molecular weight excluding hydrogens is 267 g/mol. The van der Waals surface area contributed by atoms with E-state index in [0.29, 0.717) is 10.0 Å². The van der Waals surface area contributed by atoms with E-state index in [0.717, 1.165) is 11.1 Å². The molecule has 3 heteroatoms. The summed E-state index contributed by atoms with van der Waals surface area (Å²) in [5.74, 6) is -0.0132. The van der Waals surface area contributed by atoms with E-state index in [2.05, 4.69) is 0 Å². The van der Waals surface area contributed by atoms with Crippen LogP contribution in [0.3, 0.4) is 0 Å². The van der Waals surface area contributed by atoms with Gasteiger partial charge in [-0.2, -0.15) is 0 Å². The lowest BCUT2D eigenvalue weighted by Crippen LogP contribution is -2.07. The Balaban J connectivity index is 2.23. The summed E-state index contributed by atoms with van der Waals surface area (Å²) in [5.41, 5.74) is 1.87. The van der Waals surface area contributed by atoms with E-state index in [1.54, 1.807) is 12.1 Å². The fraction of sp³-hybridized carbons (Fsp3) is 0.200. The number of hydrogen-bond donors (Lipinski definition) is 1. The third-order valence-electron chi connectivity index (χ3n) is 3.06. The molecule has 0 heterocycles. The summed E-state index contributed by atoms with van der Waals surface area (Å²) in [7, 11) is 0. The fourth-order valence-corrected chi connectivity index (χ4v) is 2.25. The Morgan fingerprint density at radius 3 is 2.17 bits per heavy atom. The molecule has 1 N–H and O–H groups in total. The van der Waals surface area contributed by atoms with Crippen molar-refractivity contribution in [3.63, 3.8) is 0 Å². The van der Waals surface area contributed by atoms with Crippen molar-refractivity contribution in [2.24, 2.45) is 0 Å². The van der Waals surface area contributed by atoms with Crippen LogP contribution in [0.4, 0.5) is 0 Å². The molecule has 0 bridgehead atoms. The standard InChI is InChI=1S/C15H14Cl2O/c1-10(11-5-7-13(16)8-6-11)15(18)12-3-2-4-14(17)9-12/h2-10,15,18H,1H3/t10?,15-/m0/s1. The maximum Gasteiger partial charge on any atom is 0.0856 e.